The van der Waals surface area contributed by atoms with Gasteiger partial charge in [0, 0.05) is 11.3 Å². The highest BCUT2D eigenvalue weighted by molar-refractivity contribution is 6.00. The van der Waals surface area contributed by atoms with E-state index in [2.05, 4.69) is 10.1 Å². The van der Waals surface area contributed by atoms with Gasteiger partial charge >= 0.3 is 17.9 Å². The second-order valence-electron chi connectivity index (χ2n) is 5.31. The zero-order valence-electron chi connectivity index (χ0n) is 15.1. The Labute approximate surface area is 156 Å². The van der Waals surface area contributed by atoms with Gasteiger partial charge in [-0.05, 0) is 23.8 Å². The third-order valence-electron chi connectivity index (χ3n) is 3.68. The first kappa shape index (κ1) is 19.7. The second kappa shape index (κ2) is 9.19. The molecule has 1 N–H and O–H groups in total. The molecule has 0 aliphatic rings. The van der Waals surface area contributed by atoms with Gasteiger partial charge in [0.05, 0.1) is 33.0 Å². The van der Waals surface area contributed by atoms with Crippen molar-refractivity contribution >= 4 is 23.6 Å². The standard InChI is InChI=1S/C20H19NO6/c1-25-18(22)12-17(20(24)27-3)21-16-7-5-4-6-15(16)13-8-10-14(11-9-13)19(23)26-2/h4-12,21H,1-3H3/b17-12+. The molecule has 0 radical (unpaired) electrons. The Morgan fingerprint density at radius 3 is 2.11 bits per heavy atom. The van der Waals surface area contributed by atoms with Gasteiger partial charge in [-0.3, -0.25) is 0 Å². The van der Waals surface area contributed by atoms with Crippen LogP contribution in [0.3, 0.4) is 0 Å². The molecule has 0 fully saturated rings. The lowest BCUT2D eigenvalue weighted by Gasteiger charge is -2.14. The number of rotatable bonds is 6. The summed E-state index contributed by atoms with van der Waals surface area (Å²) in [6, 6.07) is 14.0. The number of para-hydroxylation sites is 1. The van der Waals surface area contributed by atoms with Crippen LogP contribution in [0.4, 0.5) is 5.69 Å². The molecule has 0 aliphatic carbocycles. The third-order valence-corrected chi connectivity index (χ3v) is 3.68. The van der Waals surface area contributed by atoms with Gasteiger partial charge in [0.1, 0.15) is 5.70 Å². The number of ether oxygens (including phenoxy) is 3. The van der Waals surface area contributed by atoms with Crippen LogP contribution in [0.1, 0.15) is 10.4 Å². The molecule has 0 spiro atoms. The van der Waals surface area contributed by atoms with Crippen molar-refractivity contribution < 1.29 is 28.6 Å². The van der Waals surface area contributed by atoms with Crippen molar-refractivity contribution in [2.24, 2.45) is 0 Å². The normalized spacial score (nSPS) is 10.7. The van der Waals surface area contributed by atoms with Crippen LogP contribution in [-0.2, 0) is 23.8 Å². The molecule has 0 unspecified atom stereocenters. The molecule has 7 nitrogen and oxygen atoms in total. The van der Waals surface area contributed by atoms with Crippen molar-refractivity contribution in [2.75, 3.05) is 26.6 Å². The number of esters is 3. The fourth-order valence-corrected chi connectivity index (χ4v) is 2.33. The van der Waals surface area contributed by atoms with E-state index in [1.54, 1.807) is 36.4 Å². The summed E-state index contributed by atoms with van der Waals surface area (Å²) in [4.78, 5) is 35.1. The predicted molar refractivity (Wildman–Crippen MR) is 99.0 cm³/mol. The lowest BCUT2D eigenvalue weighted by Crippen LogP contribution is -2.15. The monoisotopic (exact) mass is 369 g/mol. The van der Waals surface area contributed by atoms with Crippen LogP contribution in [-0.4, -0.2) is 39.2 Å². The number of benzene rings is 2. The maximum Gasteiger partial charge on any atom is 0.354 e. The van der Waals surface area contributed by atoms with E-state index in [0.717, 1.165) is 17.2 Å². The number of carbonyl (C=O) groups is 3. The fraction of sp³-hybridized carbons (Fsp3) is 0.150. The van der Waals surface area contributed by atoms with Crippen LogP contribution < -0.4 is 5.32 Å². The van der Waals surface area contributed by atoms with Gasteiger partial charge in [-0.25, -0.2) is 14.4 Å². The quantitative estimate of drug-likeness (QED) is 0.476. The number of hydrogen-bond acceptors (Lipinski definition) is 7. The largest absolute Gasteiger partial charge is 0.466 e. The van der Waals surface area contributed by atoms with E-state index in [4.69, 9.17) is 9.47 Å². The fourth-order valence-electron chi connectivity index (χ4n) is 2.33. The SMILES string of the molecule is COC(=O)/C=C(/Nc1ccccc1-c1ccc(C(=O)OC)cc1)C(=O)OC. The molecule has 2 rings (SSSR count). The second-order valence-corrected chi connectivity index (χ2v) is 5.31. The van der Waals surface area contributed by atoms with Crippen molar-refractivity contribution in [2.45, 2.75) is 0 Å². The van der Waals surface area contributed by atoms with Gasteiger partial charge in [0.2, 0.25) is 0 Å². The summed E-state index contributed by atoms with van der Waals surface area (Å²) in [5, 5.41) is 2.90. The molecule has 0 aromatic heterocycles. The van der Waals surface area contributed by atoms with Crippen molar-refractivity contribution in [1.82, 2.24) is 0 Å². The Balaban J connectivity index is 2.39. The molecular weight excluding hydrogens is 350 g/mol. The van der Waals surface area contributed by atoms with Gasteiger partial charge in [-0.1, -0.05) is 30.3 Å². The number of anilines is 1. The van der Waals surface area contributed by atoms with Crippen molar-refractivity contribution in [3.05, 3.63) is 65.9 Å². The van der Waals surface area contributed by atoms with Crippen LogP contribution >= 0.6 is 0 Å². The summed E-state index contributed by atoms with van der Waals surface area (Å²) in [6.45, 7) is 0. The van der Waals surface area contributed by atoms with Gasteiger partial charge in [0.25, 0.3) is 0 Å². The lowest BCUT2D eigenvalue weighted by atomic mass is 10.0. The Hall–Kier alpha value is -3.61. The summed E-state index contributed by atoms with van der Waals surface area (Å²) in [5.74, 6) is -1.83. The van der Waals surface area contributed by atoms with Crippen LogP contribution in [0.15, 0.2) is 60.3 Å². The molecule has 140 valence electrons. The highest BCUT2D eigenvalue weighted by Gasteiger charge is 2.15. The molecule has 0 saturated carbocycles. The van der Waals surface area contributed by atoms with Gasteiger partial charge in [-0.15, -0.1) is 0 Å². The van der Waals surface area contributed by atoms with E-state index in [1.807, 2.05) is 12.1 Å². The van der Waals surface area contributed by atoms with Crippen LogP contribution in [0, 0.1) is 0 Å². The Kier molecular flexibility index (Phi) is 6.71. The molecule has 0 amide bonds. The molecule has 2 aromatic rings. The van der Waals surface area contributed by atoms with E-state index in [-0.39, 0.29) is 5.70 Å². The van der Waals surface area contributed by atoms with E-state index < -0.39 is 17.9 Å². The Morgan fingerprint density at radius 2 is 1.52 bits per heavy atom. The maximum absolute atomic E-state index is 12.0. The first-order chi connectivity index (χ1) is 13.0. The van der Waals surface area contributed by atoms with Gasteiger partial charge in [0.15, 0.2) is 0 Å². The van der Waals surface area contributed by atoms with Crippen LogP contribution in [0.5, 0.6) is 0 Å². The summed E-state index contributed by atoms with van der Waals surface area (Å²) < 4.78 is 14.0. The summed E-state index contributed by atoms with van der Waals surface area (Å²) >= 11 is 0. The lowest BCUT2D eigenvalue weighted by molar-refractivity contribution is -0.138. The van der Waals surface area contributed by atoms with E-state index in [9.17, 15) is 14.4 Å². The average Bonchev–Trinajstić information content (AvgIpc) is 2.72. The van der Waals surface area contributed by atoms with Crippen molar-refractivity contribution in [3.63, 3.8) is 0 Å². The molecule has 27 heavy (non-hydrogen) atoms. The first-order valence-corrected chi connectivity index (χ1v) is 7.93. The van der Waals surface area contributed by atoms with E-state index in [0.29, 0.717) is 11.3 Å². The molecule has 0 heterocycles. The zero-order chi connectivity index (χ0) is 19.8. The van der Waals surface area contributed by atoms with E-state index in [1.165, 1.54) is 21.3 Å². The first-order valence-electron chi connectivity index (χ1n) is 7.93. The van der Waals surface area contributed by atoms with Crippen LogP contribution in [0.2, 0.25) is 0 Å². The number of methoxy groups -OCH3 is 3. The molecule has 0 saturated heterocycles. The minimum Gasteiger partial charge on any atom is -0.466 e. The summed E-state index contributed by atoms with van der Waals surface area (Å²) in [6.07, 6.45) is 1.02. The van der Waals surface area contributed by atoms with Crippen molar-refractivity contribution in [3.8, 4) is 11.1 Å². The van der Waals surface area contributed by atoms with Gasteiger partial charge in [-0.2, -0.15) is 0 Å². The minimum atomic E-state index is -0.712. The average molecular weight is 369 g/mol. The smallest absolute Gasteiger partial charge is 0.354 e. The van der Waals surface area contributed by atoms with E-state index >= 15 is 0 Å². The third kappa shape index (κ3) is 4.94. The van der Waals surface area contributed by atoms with Gasteiger partial charge < -0.3 is 19.5 Å². The summed E-state index contributed by atoms with van der Waals surface area (Å²) in [7, 11) is 3.74. The molecule has 0 aliphatic heterocycles. The number of nitrogens with one attached hydrogen (secondary N) is 1. The Bertz CT molecular complexity index is 870. The maximum atomic E-state index is 12.0. The Morgan fingerprint density at radius 1 is 0.852 bits per heavy atom. The predicted octanol–water partition coefficient (Wildman–Crippen LogP) is 2.78. The number of hydrogen-bond donors (Lipinski definition) is 1. The molecule has 7 heteroatoms. The highest BCUT2D eigenvalue weighted by atomic mass is 16.5. The van der Waals surface area contributed by atoms with Crippen molar-refractivity contribution in [1.29, 1.82) is 0 Å². The molecular formula is C20H19NO6. The topological polar surface area (TPSA) is 90.9 Å². The molecule has 0 bridgehead atoms. The molecule has 2 aromatic carbocycles. The summed E-state index contributed by atoms with van der Waals surface area (Å²) in [5.41, 5.74) is 2.49. The number of carbonyl (C=O) groups excluding carboxylic acids is 3. The van der Waals surface area contributed by atoms with Crippen LogP contribution in [0.25, 0.3) is 11.1 Å². The molecule has 0 atom stereocenters. The minimum absolute atomic E-state index is 0.0667. The zero-order valence-corrected chi connectivity index (χ0v) is 15.1. The highest BCUT2D eigenvalue weighted by Crippen LogP contribution is 2.29.